The first-order valence-electron chi connectivity index (χ1n) is 7.46. The topological polar surface area (TPSA) is 80.0 Å². The summed E-state index contributed by atoms with van der Waals surface area (Å²) in [5.74, 6) is 6.18. The number of hydrazine groups is 1. The fourth-order valence-electron chi connectivity index (χ4n) is 2.97. The van der Waals surface area contributed by atoms with Crippen molar-refractivity contribution in [3.8, 4) is 0 Å². The molecule has 1 aliphatic carbocycles. The van der Waals surface area contributed by atoms with Gasteiger partial charge in [-0.2, -0.15) is 0 Å². The monoisotopic (exact) mass is 276 g/mol. The number of rotatable bonds is 5. The molecule has 4 N–H and O–H groups in total. The highest BCUT2D eigenvalue weighted by Crippen LogP contribution is 2.28. The number of aromatic nitrogens is 1. The Morgan fingerprint density at radius 2 is 2.15 bits per heavy atom. The minimum absolute atomic E-state index is 0.0701. The van der Waals surface area contributed by atoms with Crippen molar-refractivity contribution in [1.82, 2.24) is 10.3 Å². The second kappa shape index (κ2) is 7.24. The van der Waals surface area contributed by atoms with E-state index in [1.165, 1.54) is 25.7 Å². The summed E-state index contributed by atoms with van der Waals surface area (Å²) in [5.41, 5.74) is 3.63. The number of hydrogen-bond acceptors (Lipinski definition) is 4. The summed E-state index contributed by atoms with van der Waals surface area (Å²) in [6.07, 6.45) is 10.3. The number of nitrogens with two attached hydrogens (primary N) is 1. The van der Waals surface area contributed by atoms with Crippen LogP contribution in [0.1, 0.15) is 55.8 Å². The molecule has 0 aliphatic heterocycles. The number of nitrogen functional groups attached to an aromatic ring is 1. The van der Waals surface area contributed by atoms with Gasteiger partial charge in [-0.1, -0.05) is 19.8 Å². The molecule has 0 saturated heterocycles. The normalized spacial score (nSPS) is 22.3. The molecule has 1 heterocycles. The maximum atomic E-state index is 12.3. The summed E-state index contributed by atoms with van der Waals surface area (Å²) >= 11 is 0. The number of pyridine rings is 1. The van der Waals surface area contributed by atoms with Gasteiger partial charge >= 0.3 is 0 Å². The van der Waals surface area contributed by atoms with Crippen LogP contribution in [0.25, 0.3) is 0 Å². The van der Waals surface area contributed by atoms with Crippen LogP contribution in [-0.4, -0.2) is 16.9 Å². The summed E-state index contributed by atoms with van der Waals surface area (Å²) in [6.45, 7) is 2.23. The van der Waals surface area contributed by atoms with Crippen molar-refractivity contribution < 1.29 is 4.79 Å². The Bertz CT molecular complexity index is 441. The summed E-state index contributed by atoms with van der Waals surface area (Å²) in [7, 11) is 0. The number of nitrogens with one attached hydrogen (secondary N) is 2. The number of anilines is 1. The third kappa shape index (κ3) is 3.70. The number of carbonyl (C=O) groups is 1. The highest BCUT2D eigenvalue weighted by Gasteiger charge is 2.22. The van der Waals surface area contributed by atoms with Crippen molar-refractivity contribution in [2.75, 3.05) is 5.43 Å². The zero-order chi connectivity index (χ0) is 14.4. The molecule has 0 aromatic carbocycles. The smallest absolute Gasteiger partial charge is 0.253 e. The van der Waals surface area contributed by atoms with Gasteiger partial charge in [-0.25, -0.2) is 0 Å². The fraction of sp³-hybridized carbons (Fsp3) is 0.600. The summed E-state index contributed by atoms with van der Waals surface area (Å²) in [5, 5.41) is 3.11. The molecular weight excluding hydrogens is 252 g/mol. The molecule has 0 radical (unpaired) electrons. The number of hydrogen-bond donors (Lipinski definition) is 3. The molecule has 0 spiro atoms. The van der Waals surface area contributed by atoms with Crippen LogP contribution in [0.5, 0.6) is 0 Å². The van der Waals surface area contributed by atoms with Crippen LogP contribution < -0.4 is 16.6 Å². The van der Waals surface area contributed by atoms with E-state index < -0.39 is 0 Å². The zero-order valence-electron chi connectivity index (χ0n) is 12.1. The minimum Gasteiger partial charge on any atom is -0.349 e. The number of nitrogens with zero attached hydrogens (tertiary/aromatic N) is 1. The summed E-state index contributed by atoms with van der Waals surface area (Å²) in [6, 6.07) is 1.97. The summed E-state index contributed by atoms with van der Waals surface area (Å²) in [4.78, 5) is 16.2. The third-order valence-electron chi connectivity index (χ3n) is 4.10. The molecule has 0 atom stereocenters. The van der Waals surface area contributed by atoms with Gasteiger partial charge in [0.05, 0.1) is 17.4 Å². The Balaban J connectivity index is 1.89. The molecule has 2 rings (SSSR count). The van der Waals surface area contributed by atoms with Crippen LogP contribution in [-0.2, 0) is 0 Å². The minimum atomic E-state index is -0.0701. The van der Waals surface area contributed by atoms with E-state index in [-0.39, 0.29) is 11.9 Å². The average molecular weight is 276 g/mol. The predicted molar refractivity (Wildman–Crippen MR) is 80.2 cm³/mol. The highest BCUT2D eigenvalue weighted by atomic mass is 16.1. The van der Waals surface area contributed by atoms with Gasteiger partial charge in [0.2, 0.25) is 0 Å². The molecule has 1 aliphatic rings. The van der Waals surface area contributed by atoms with Crippen molar-refractivity contribution in [3.05, 3.63) is 24.0 Å². The van der Waals surface area contributed by atoms with E-state index in [9.17, 15) is 4.79 Å². The van der Waals surface area contributed by atoms with Gasteiger partial charge in [-0.15, -0.1) is 0 Å². The lowest BCUT2D eigenvalue weighted by molar-refractivity contribution is 0.0922. The van der Waals surface area contributed by atoms with Crippen molar-refractivity contribution in [2.24, 2.45) is 11.8 Å². The van der Waals surface area contributed by atoms with Gasteiger partial charge in [0.25, 0.3) is 5.91 Å². The maximum Gasteiger partial charge on any atom is 0.253 e. The van der Waals surface area contributed by atoms with E-state index in [2.05, 4.69) is 22.7 Å². The van der Waals surface area contributed by atoms with Crippen LogP contribution in [0.15, 0.2) is 18.5 Å². The lowest BCUT2D eigenvalue weighted by Crippen LogP contribution is -2.38. The van der Waals surface area contributed by atoms with Crippen LogP contribution in [0.2, 0.25) is 0 Å². The molecule has 0 unspecified atom stereocenters. The van der Waals surface area contributed by atoms with E-state index in [1.54, 1.807) is 18.5 Å². The Morgan fingerprint density at radius 3 is 2.80 bits per heavy atom. The first-order valence-corrected chi connectivity index (χ1v) is 7.46. The molecule has 110 valence electrons. The van der Waals surface area contributed by atoms with Gasteiger partial charge < -0.3 is 10.7 Å². The van der Waals surface area contributed by atoms with Crippen LogP contribution in [0.4, 0.5) is 5.69 Å². The Hall–Kier alpha value is -1.62. The first kappa shape index (κ1) is 14.8. The molecular formula is C15H24N4O. The molecule has 5 heteroatoms. The lowest BCUT2D eigenvalue weighted by Gasteiger charge is -2.29. The molecule has 20 heavy (non-hydrogen) atoms. The van der Waals surface area contributed by atoms with Crippen molar-refractivity contribution in [1.29, 1.82) is 0 Å². The van der Waals surface area contributed by atoms with Crippen molar-refractivity contribution >= 4 is 11.6 Å². The molecule has 1 fully saturated rings. The molecule has 5 nitrogen and oxygen atoms in total. The maximum absolute atomic E-state index is 12.3. The number of amides is 1. The van der Waals surface area contributed by atoms with E-state index in [4.69, 9.17) is 5.84 Å². The Morgan fingerprint density at radius 1 is 1.40 bits per heavy atom. The average Bonchev–Trinajstić information content (AvgIpc) is 2.49. The zero-order valence-corrected chi connectivity index (χ0v) is 12.1. The van der Waals surface area contributed by atoms with Gasteiger partial charge in [-0.3, -0.25) is 15.6 Å². The quantitative estimate of drug-likeness (QED) is 0.570. The van der Waals surface area contributed by atoms with Crippen LogP contribution >= 0.6 is 0 Å². The SMILES string of the molecule is CCCC1CCC(NC(=O)c2ccncc2NN)CC1. The van der Waals surface area contributed by atoms with E-state index in [0.29, 0.717) is 11.3 Å². The second-order valence-electron chi connectivity index (χ2n) is 5.55. The molecule has 1 aromatic rings. The number of carbonyl (C=O) groups excluding carboxylic acids is 1. The van der Waals surface area contributed by atoms with Gasteiger partial charge in [0, 0.05) is 12.2 Å². The second-order valence-corrected chi connectivity index (χ2v) is 5.55. The van der Waals surface area contributed by atoms with Gasteiger partial charge in [0.15, 0.2) is 0 Å². The molecule has 1 aromatic heterocycles. The Kier molecular flexibility index (Phi) is 5.35. The molecule has 1 amide bonds. The van der Waals surface area contributed by atoms with E-state index >= 15 is 0 Å². The molecule has 0 bridgehead atoms. The van der Waals surface area contributed by atoms with Crippen LogP contribution in [0, 0.1) is 5.92 Å². The first-order chi connectivity index (χ1) is 9.74. The van der Waals surface area contributed by atoms with Gasteiger partial charge in [0.1, 0.15) is 0 Å². The van der Waals surface area contributed by atoms with Gasteiger partial charge in [-0.05, 0) is 37.7 Å². The Labute approximate surface area is 120 Å². The standard InChI is InChI=1S/C15H24N4O/c1-2-3-11-4-6-12(7-5-11)18-15(20)13-8-9-17-10-14(13)19-16/h8-12,19H,2-7,16H2,1H3,(H,18,20). The lowest BCUT2D eigenvalue weighted by atomic mass is 9.83. The van der Waals surface area contributed by atoms with Crippen LogP contribution in [0.3, 0.4) is 0 Å². The molecule has 1 saturated carbocycles. The summed E-state index contributed by atoms with van der Waals surface area (Å²) < 4.78 is 0. The van der Waals surface area contributed by atoms with Crippen molar-refractivity contribution in [2.45, 2.75) is 51.5 Å². The third-order valence-corrected chi connectivity index (χ3v) is 4.10. The van der Waals surface area contributed by atoms with Crippen molar-refractivity contribution in [3.63, 3.8) is 0 Å². The predicted octanol–water partition coefficient (Wildman–Crippen LogP) is 2.46. The van der Waals surface area contributed by atoms with E-state index in [1.807, 2.05) is 0 Å². The highest BCUT2D eigenvalue weighted by molar-refractivity contribution is 5.99. The fourth-order valence-corrected chi connectivity index (χ4v) is 2.97. The largest absolute Gasteiger partial charge is 0.349 e. The van der Waals surface area contributed by atoms with E-state index in [0.717, 1.165) is 18.8 Å².